The van der Waals surface area contributed by atoms with E-state index in [9.17, 15) is 5.11 Å². The molecule has 2 aromatic carbocycles. The molecule has 3 nitrogen and oxygen atoms in total. The van der Waals surface area contributed by atoms with Crippen molar-refractivity contribution in [2.45, 2.75) is 19.0 Å². The summed E-state index contributed by atoms with van der Waals surface area (Å²) in [6, 6.07) is 20.1. The first-order chi connectivity index (χ1) is 9.29. The van der Waals surface area contributed by atoms with E-state index in [0.717, 1.165) is 12.0 Å². The molecule has 3 heteroatoms. The van der Waals surface area contributed by atoms with Gasteiger partial charge in [0.1, 0.15) is 0 Å². The van der Waals surface area contributed by atoms with Crippen LogP contribution in [0.15, 0.2) is 60.7 Å². The molecule has 0 amide bonds. The van der Waals surface area contributed by atoms with E-state index in [4.69, 9.17) is 5.84 Å². The molecule has 0 bridgehead atoms. The summed E-state index contributed by atoms with van der Waals surface area (Å²) in [5.74, 6) is 6.08. The lowest BCUT2D eigenvalue weighted by Crippen LogP contribution is -2.44. The van der Waals surface area contributed by atoms with Crippen LogP contribution in [0.3, 0.4) is 0 Å². The van der Waals surface area contributed by atoms with Crippen molar-refractivity contribution in [3.8, 4) is 0 Å². The van der Waals surface area contributed by atoms with Gasteiger partial charge in [-0.05, 0) is 17.5 Å². The topological polar surface area (TPSA) is 49.5 Å². The minimum atomic E-state index is -0.0670. The highest BCUT2D eigenvalue weighted by molar-refractivity contribution is 5.17. The van der Waals surface area contributed by atoms with Gasteiger partial charge in [0.25, 0.3) is 0 Å². The lowest BCUT2D eigenvalue weighted by atomic mass is 10.1. The van der Waals surface area contributed by atoms with Gasteiger partial charge < -0.3 is 5.11 Å². The van der Waals surface area contributed by atoms with Crippen LogP contribution >= 0.6 is 0 Å². The van der Waals surface area contributed by atoms with Crippen LogP contribution in [0.5, 0.6) is 0 Å². The molecule has 1 unspecified atom stereocenters. The number of hydrogen-bond donors (Lipinski definition) is 2. The maximum atomic E-state index is 9.51. The smallest absolute Gasteiger partial charge is 0.0604 e. The van der Waals surface area contributed by atoms with E-state index < -0.39 is 0 Å². The first kappa shape index (κ1) is 13.7. The molecule has 0 heterocycles. The van der Waals surface area contributed by atoms with E-state index in [0.29, 0.717) is 6.54 Å². The minimum absolute atomic E-state index is 0.0538. The van der Waals surface area contributed by atoms with Crippen molar-refractivity contribution < 1.29 is 5.11 Å². The number of benzene rings is 2. The van der Waals surface area contributed by atoms with Crippen molar-refractivity contribution in [2.24, 2.45) is 5.84 Å². The Balaban J connectivity index is 1.97. The van der Waals surface area contributed by atoms with Gasteiger partial charge in [-0.2, -0.15) is 0 Å². The molecule has 0 radical (unpaired) electrons. The highest BCUT2D eigenvalue weighted by Gasteiger charge is 2.15. The van der Waals surface area contributed by atoms with Crippen LogP contribution in [-0.2, 0) is 13.0 Å². The molecule has 1 atom stereocenters. The quantitative estimate of drug-likeness (QED) is 0.613. The lowest BCUT2D eigenvalue weighted by Gasteiger charge is -2.26. The molecule has 100 valence electrons. The van der Waals surface area contributed by atoms with Crippen molar-refractivity contribution >= 4 is 0 Å². The van der Waals surface area contributed by atoms with Crippen LogP contribution in [0, 0.1) is 0 Å². The third kappa shape index (κ3) is 4.17. The van der Waals surface area contributed by atoms with Gasteiger partial charge in [0.2, 0.25) is 0 Å². The molecule has 3 N–H and O–H groups in total. The molecule has 0 saturated carbocycles. The molecule has 0 aromatic heterocycles. The van der Waals surface area contributed by atoms with Crippen LogP contribution in [-0.4, -0.2) is 22.8 Å². The summed E-state index contributed by atoms with van der Waals surface area (Å²) in [4.78, 5) is 0. The van der Waals surface area contributed by atoms with Gasteiger partial charge in [0, 0.05) is 6.54 Å². The summed E-state index contributed by atoms with van der Waals surface area (Å²) in [7, 11) is 0. The fourth-order valence-corrected chi connectivity index (χ4v) is 2.10. The van der Waals surface area contributed by atoms with Crippen molar-refractivity contribution in [3.05, 3.63) is 71.8 Å². The summed E-state index contributed by atoms with van der Waals surface area (Å²) in [5.41, 5.74) is 2.33. The van der Waals surface area contributed by atoms with Gasteiger partial charge >= 0.3 is 0 Å². The van der Waals surface area contributed by atoms with Crippen LogP contribution in [0.1, 0.15) is 11.1 Å². The van der Waals surface area contributed by atoms with Crippen LogP contribution in [0.4, 0.5) is 0 Å². The third-order valence-corrected chi connectivity index (χ3v) is 3.20. The van der Waals surface area contributed by atoms with Gasteiger partial charge in [0.15, 0.2) is 0 Å². The second-order valence-corrected chi connectivity index (χ2v) is 4.68. The Morgan fingerprint density at radius 1 is 0.895 bits per heavy atom. The zero-order valence-corrected chi connectivity index (χ0v) is 10.9. The molecule has 0 fully saturated rings. The zero-order valence-electron chi connectivity index (χ0n) is 10.9. The molecule has 0 spiro atoms. The summed E-state index contributed by atoms with van der Waals surface area (Å²) < 4.78 is 0. The van der Waals surface area contributed by atoms with Gasteiger partial charge in [0.05, 0.1) is 12.6 Å². The van der Waals surface area contributed by atoms with Gasteiger partial charge in [-0.1, -0.05) is 60.7 Å². The predicted molar refractivity (Wildman–Crippen MR) is 77.2 cm³/mol. The van der Waals surface area contributed by atoms with Crippen LogP contribution < -0.4 is 5.84 Å². The Morgan fingerprint density at radius 2 is 1.42 bits per heavy atom. The van der Waals surface area contributed by atoms with Crippen LogP contribution in [0.25, 0.3) is 0 Å². The van der Waals surface area contributed by atoms with Gasteiger partial charge in [-0.15, -0.1) is 0 Å². The standard InChI is InChI=1S/C16H20N2O/c17-18(12-15-9-5-2-6-10-15)16(13-19)11-14-7-3-1-4-8-14/h1-10,16,19H,11-13,17H2. The molecule has 0 aliphatic rings. The fraction of sp³-hybridized carbons (Fsp3) is 0.250. The molecule has 0 aliphatic carbocycles. The first-order valence-corrected chi connectivity index (χ1v) is 6.49. The Hall–Kier alpha value is -1.68. The van der Waals surface area contributed by atoms with E-state index in [1.165, 1.54) is 5.56 Å². The molecule has 2 rings (SSSR count). The van der Waals surface area contributed by atoms with Crippen molar-refractivity contribution in [3.63, 3.8) is 0 Å². The first-order valence-electron chi connectivity index (χ1n) is 6.49. The second kappa shape index (κ2) is 7.04. The van der Waals surface area contributed by atoms with Crippen LogP contribution in [0.2, 0.25) is 0 Å². The average Bonchev–Trinajstić information content (AvgIpc) is 2.47. The number of aliphatic hydroxyl groups excluding tert-OH is 1. The Kier molecular flexibility index (Phi) is 5.10. The van der Waals surface area contributed by atoms with E-state index in [-0.39, 0.29) is 12.6 Å². The molecule has 0 aliphatic heterocycles. The zero-order chi connectivity index (χ0) is 13.5. The van der Waals surface area contributed by atoms with E-state index in [2.05, 4.69) is 12.1 Å². The summed E-state index contributed by atoms with van der Waals surface area (Å²) in [6.07, 6.45) is 0.751. The monoisotopic (exact) mass is 256 g/mol. The number of nitrogens with zero attached hydrogens (tertiary/aromatic N) is 1. The van der Waals surface area contributed by atoms with E-state index in [1.54, 1.807) is 5.01 Å². The number of hydrogen-bond acceptors (Lipinski definition) is 3. The van der Waals surface area contributed by atoms with Crippen molar-refractivity contribution in [2.75, 3.05) is 6.61 Å². The normalized spacial score (nSPS) is 12.6. The molecule has 2 aromatic rings. The molecular formula is C16H20N2O. The molecular weight excluding hydrogens is 236 g/mol. The molecule has 19 heavy (non-hydrogen) atoms. The van der Waals surface area contributed by atoms with Gasteiger partial charge in [-0.3, -0.25) is 5.84 Å². The average molecular weight is 256 g/mol. The highest BCUT2D eigenvalue weighted by atomic mass is 16.3. The lowest BCUT2D eigenvalue weighted by molar-refractivity contribution is 0.117. The van der Waals surface area contributed by atoms with Crippen molar-refractivity contribution in [1.82, 2.24) is 5.01 Å². The maximum absolute atomic E-state index is 9.51. The summed E-state index contributed by atoms with van der Waals surface area (Å²) in [5, 5.41) is 11.2. The van der Waals surface area contributed by atoms with E-state index >= 15 is 0 Å². The number of hydrazine groups is 1. The second-order valence-electron chi connectivity index (χ2n) is 4.68. The highest BCUT2D eigenvalue weighted by Crippen LogP contribution is 2.09. The Labute approximate surface area is 114 Å². The Morgan fingerprint density at radius 3 is 1.95 bits per heavy atom. The fourth-order valence-electron chi connectivity index (χ4n) is 2.10. The van der Waals surface area contributed by atoms with Gasteiger partial charge in [-0.25, -0.2) is 5.01 Å². The minimum Gasteiger partial charge on any atom is -0.395 e. The largest absolute Gasteiger partial charge is 0.395 e. The number of rotatable bonds is 6. The molecule has 0 saturated heterocycles. The maximum Gasteiger partial charge on any atom is 0.0604 e. The third-order valence-electron chi connectivity index (χ3n) is 3.20. The van der Waals surface area contributed by atoms with E-state index in [1.807, 2.05) is 48.5 Å². The SMILES string of the molecule is NN(Cc1ccccc1)C(CO)Cc1ccccc1. The number of aliphatic hydroxyl groups is 1. The predicted octanol–water partition coefficient (Wildman–Crippen LogP) is 1.97. The van der Waals surface area contributed by atoms with Crippen molar-refractivity contribution in [1.29, 1.82) is 0 Å². The summed E-state index contributed by atoms with van der Waals surface area (Å²) in [6.45, 7) is 0.692. The Bertz CT molecular complexity index is 473. The number of nitrogens with two attached hydrogens (primary N) is 1. The summed E-state index contributed by atoms with van der Waals surface area (Å²) >= 11 is 0.